The summed E-state index contributed by atoms with van der Waals surface area (Å²) in [4.78, 5) is 2.08. The molecular weight excluding hydrogens is 612 g/mol. The monoisotopic (exact) mass is 652 g/mol. The van der Waals surface area contributed by atoms with Gasteiger partial charge in [-0.1, -0.05) is 109 Å². The Kier molecular flexibility index (Phi) is 12.5. The third-order valence-electron chi connectivity index (χ3n) is 7.77. The van der Waals surface area contributed by atoms with Crippen LogP contribution in [0, 0.1) is 0 Å². The van der Waals surface area contributed by atoms with Crippen LogP contribution in [0.25, 0.3) is 0 Å². The van der Waals surface area contributed by atoms with E-state index < -0.39 is 6.10 Å². The molecule has 0 spiro atoms. The van der Waals surface area contributed by atoms with Crippen molar-refractivity contribution in [3.63, 3.8) is 0 Å². The molecule has 0 aliphatic rings. The van der Waals surface area contributed by atoms with Gasteiger partial charge in [0.25, 0.3) is 0 Å². The number of nitrogens with zero attached hydrogens (tertiary/aromatic N) is 1. The molecule has 0 fully saturated rings. The fourth-order valence-corrected chi connectivity index (χ4v) is 5.52. The number of anilines is 1. The Morgan fingerprint density at radius 2 is 1.23 bits per heavy atom. The number of nitrogen functional groups attached to an aromatic ring is 1. The summed E-state index contributed by atoms with van der Waals surface area (Å²) in [5.41, 5.74) is 10.8. The number of hydrogen-bond acceptors (Lipinski definition) is 7. The average molecular weight is 653 g/mol. The molecule has 0 unspecified atom stereocenters. The van der Waals surface area contributed by atoms with Crippen molar-refractivity contribution in [2.24, 2.45) is 0 Å². The van der Waals surface area contributed by atoms with Crippen LogP contribution < -0.4 is 19.9 Å². The van der Waals surface area contributed by atoms with Gasteiger partial charge in [0, 0.05) is 25.2 Å². The Labute approximate surface area is 281 Å². The molecule has 0 aliphatic carbocycles. The number of aliphatic hydroxyl groups excluding tert-OH is 2. The number of ether oxygens (including phenoxy) is 3. The Balaban J connectivity index is 1.20. The molecule has 0 radical (unpaired) electrons. The largest absolute Gasteiger partial charge is 0.491 e. The normalized spacial score (nSPS) is 12.4. The van der Waals surface area contributed by atoms with Gasteiger partial charge in [-0.2, -0.15) is 0 Å². The van der Waals surface area contributed by atoms with E-state index in [0.717, 1.165) is 22.3 Å². The number of hydrogen-bond donors (Lipinski definition) is 3. The molecule has 0 aromatic heterocycles. The number of aliphatic hydroxyl groups is 2. The van der Waals surface area contributed by atoms with Crippen LogP contribution in [0.4, 0.5) is 5.69 Å². The first-order valence-electron chi connectivity index (χ1n) is 15.7. The van der Waals surface area contributed by atoms with Crippen LogP contribution in [0.5, 0.6) is 17.2 Å². The smallest absolute Gasteiger partial charge is 0.142 e. The van der Waals surface area contributed by atoms with Gasteiger partial charge in [0.2, 0.25) is 0 Å². The zero-order valence-electron chi connectivity index (χ0n) is 26.3. The van der Waals surface area contributed by atoms with Crippen LogP contribution in [0.3, 0.4) is 0 Å². The van der Waals surface area contributed by atoms with Gasteiger partial charge in [-0.05, 0) is 52.9 Å². The first kappa shape index (κ1) is 33.8. The van der Waals surface area contributed by atoms with E-state index in [9.17, 15) is 10.2 Å². The van der Waals surface area contributed by atoms with Crippen molar-refractivity contribution in [1.29, 1.82) is 0 Å². The number of halogens is 1. The number of nitrogens with two attached hydrogens (primary N) is 1. The van der Waals surface area contributed by atoms with Crippen molar-refractivity contribution in [3.05, 3.63) is 155 Å². The maximum atomic E-state index is 11.1. The lowest BCUT2D eigenvalue weighted by molar-refractivity contribution is 0.0335. The van der Waals surface area contributed by atoms with Gasteiger partial charge in [0.1, 0.15) is 43.2 Å². The third kappa shape index (κ3) is 10.5. The Hall–Kier alpha value is -4.53. The molecule has 47 heavy (non-hydrogen) atoms. The average Bonchev–Trinajstić information content (AvgIpc) is 3.10. The molecule has 2 atom stereocenters. The Bertz CT molecular complexity index is 1660. The molecule has 8 heteroatoms. The molecule has 0 saturated heterocycles. The minimum absolute atomic E-state index is 0.0480. The van der Waals surface area contributed by atoms with E-state index in [2.05, 4.69) is 4.90 Å². The quantitative estimate of drug-likeness (QED) is 0.0938. The van der Waals surface area contributed by atoms with E-state index in [1.807, 2.05) is 109 Å². The first-order chi connectivity index (χ1) is 23.0. The minimum Gasteiger partial charge on any atom is -0.491 e. The standard InChI is InChI=1S/C39H41ClN2O5/c40-36-21-32(16-18-38(36)46-26-30-12-6-2-7-13-30)20-33(25-43)42(23-29-10-4-1-5-11-29)24-34(44)28-45-35-17-19-39(37(41)22-35)47-27-31-14-8-3-9-15-31/h1-19,21-22,33-34,43-44H,20,23-28,41H2/t33-,34-/m0/s1. The van der Waals surface area contributed by atoms with Crippen LogP contribution in [-0.4, -0.2) is 47.0 Å². The molecule has 5 aromatic rings. The zero-order chi connectivity index (χ0) is 32.8. The van der Waals surface area contributed by atoms with Crippen molar-refractivity contribution < 1.29 is 24.4 Å². The second kappa shape index (κ2) is 17.4. The molecule has 0 bridgehead atoms. The van der Waals surface area contributed by atoms with Gasteiger partial charge < -0.3 is 30.2 Å². The van der Waals surface area contributed by atoms with Gasteiger partial charge in [-0.25, -0.2) is 0 Å². The molecule has 0 saturated carbocycles. The lowest BCUT2D eigenvalue weighted by Crippen LogP contribution is -2.44. The molecule has 0 amide bonds. The fraction of sp³-hybridized carbons (Fsp3) is 0.231. The van der Waals surface area contributed by atoms with Crippen molar-refractivity contribution in [2.75, 3.05) is 25.5 Å². The Morgan fingerprint density at radius 3 is 1.81 bits per heavy atom. The van der Waals surface area contributed by atoms with Gasteiger partial charge in [-0.3, -0.25) is 4.90 Å². The summed E-state index contributed by atoms with van der Waals surface area (Å²) in [6, 6.07) is 40.4. The highest BCUT2D eigenvalue weighted by Gasteiger charge is 2.23. The molecule has 0 heterocycles. The van der Waals surface area contributed by atoms with E-state index >= 15 is 0 Å². The Morgan fingerprint density at radius 1 is 0.660 bits per heavy atom. The van der Waals surface area contributed by atoms with Gasteiger partial charge in [0.05, 0.1) is 17.3 Å². The van der Waals surface area contributed by atoms with Crippen LogP contribution in [0.1, 0.15) is 22.3 Å². The zero-order valence-corrected chi connectivity index (χ0v) is 27.0. The maximum Gasteiger partial charge on any atom is 0.142 e. The summed E-state index contributed by atoms with van der Waals surface area (Å²) in [6.45, 7) is 1.58. The lowest BCUT2D eigenvalue weighted by atomic mass is 10.0. The van der Waals surface area contributed by atoms with Crippen molar-refractivity contribution in [2.45, 2.75) is 38.3 Å². The van der Waals surface area contributed by atoms with Crippen molar-refractivity contribution in [1.82, 2.24) is 4.90 Å². The summed E-state index contributed by atoms with van der Waals surface area (Å²) >= 11 is 6.61. The summed E-state index contributed by atoms with van der Waals surface area (Å²) in [5, 5.41) is 22.1. The topological polar surface area (TPSA) is 97.4 Å². The predicted molar refractivity (Wildman–Crippen MR) is 187 cm³/mol. The highest BCUT2D eigenvalue weighted by Crippen LogP contribution is 2.29. The predicted octanol–water partition coefficient (Wildman–Crippen LogP) is 6.93. The second-order valence-electron chi connectivity index (χ2n) is 11.4. The summed E-state index contributed by atoms with van der Waals surface area (Å²) < 4.78 is 17.7. The molecule has 244 valence electrons. The SMILES string of the molecule is Nc1cc(OC[C@@H](O)CN(Cc2ccccc2)[C@H](CO)Cc2ccc(OCc3ccccc3)c(Cl)c2)ccc1OCc1ccccc1. The van der Waals surface area contributed by atoms with Gasteiger partial charge >= 0.3 is 0 Å². The van der Waals surface area contributed by atoms with E-state index in [1.54, 1.807) is 18.2 Å². The fourth-order valence-electron chi connectivity index (χ4n) is 5.26. The van der Waals surface area contributed by atoms with Gasteiger partial charge in [0.15, 0.2) is 0 Å². The second-order valence-corrected chi connectivity index (χ2v) is 11.8. The van der Waals surface area contributed by atoms with Crippen molar-refractivity contribution in [3.8, 4) is 17.2 Å². The molecule has 5 rings (SSSR count). The molecule has 4 N–H and O–H groups in total. The summed E-state index contributed by atoms with van der Waals surface area (Å²) in [5.74, 6) is 1.70. The van der Waals surface area contributed by atoms with Crippen LogP contribution >= 0.6 is 11.6 Å². The maximum absolute atomic E-state index is 11.1. The van der Waals surface area contributed by atoms with Crippen LogP contribution in [-0.2, 0) is 26.2 Å². The van der Waals surface area contributed by atoms with E-state index in [-0.39, 0.29) is 25.8 Å². The first-order valence-corrected chi connectivity index (χ1v) is 16.1. The molecule has 0 aliphatic heterocycles. The highest BCUT2D eigenvalue weighted by molar-refractivity contribution is 6.32. The number of benzene rings is 5. The van der Waals surface area contributed by atoms with E-state index in [4.69, 9.17) is 31.5 Å². The molecule has 5 aromatic carbocycles. The number of rotatable bonds is 17. The third-order valence-corrected chi connectivity index (χ3v) is 8.06. The van der Waals surface area contributed by atoms with Crippen LogP contribution in [0.15, 0.2) is 127 Å². The minimum atomic E-state index is -0.833. The van der Waals surface area contributed by atoms with E-state index in [0.29, 0.717) is 54.1 Å². The summed E-state index contributed by atoms with van der Waals surface area (Å²) in [7, 11) is 0. The highest BCUT2D eigenvalue weighted by atomic mass is 35.5. The van der Waals surface area contributed by atoms with E-state index in [1.165, 1.54) is 0 Å². The lowest BCUT2D eigenvalue weighted by Gasteiger charge is -2.32. The van der Waals surface area contributed by atoms with Crippen LogP contribution in [0.2, 0.25) is 5.02 Å². The summed E-state index contributed by atoms with van der Waals surface area (Å²) in [6.07, 6.45) is -0.309. The molecule has 7 nitrogen and oxygen atoms in total. The molecular formula is C39H41ClN2O5. The van der Waals surface area contributed by atoms with Gasteiger partial charge in [-0.15, -0.1) is 0 Å². The van der Waals surface area contributed by atoms with Crippen molar-refractivity contribution >= 4 is 17.3 Å².